The van der Waals surface area contributed by atoms with Crippen LogP contribution in [0.1, 0.15) is 42.5 Å². The van der Waals surface area contributed by atoms with Gasteiger partial charge in [-0.3, -0.25) is 14.3 Å². The molecular weight excluding hydrogens is 234 g/mol. The highest BCUT2D eigenvalue weighted by Crippen LogP contribution is 2.32. The summed E-state index contributed by atoms with van der Waals surface area (Å²) in [6.45, 7) is 0. The summed E-state index contributed by atoms with van der Waals surface area (Å²) in [7, 11) is 1.74. The second kappa shape index (κ2) is 4.80. The highest BCUT2D eigenvalue weighted by atomic mass is 16.4. The largest absolute Gasteiger partial charge is 0.481 e. The van der Waals surface area contributed by atoms with Gasteiger partial charge in [-0.05, 0) is 12.8 Å². The van der Waals surface area contributed by atoms with Gasteiger partial charge in [-0.2, -0.15) is 5.10 Å². The van der Waals surface area contributed by atoms with Gasteiger partial charge in [0.1, 0.15) is 0 Å². The van der Waals surface area contributed by atoms with Crippen molar-refractivity contribution in [2.75, 3.05) is 0 Å². The van der Waals surface area contributed by atoms with Gasteiger partial charge < -0.3 is 10.4 Å². The summed E-state index contributed by atoms with van der Waals surface area (Å²) in [4.78, 5) is 23.0. The molecular formula is C12H17N3O3. The number of amides is 1. The molecule has 1 amide bonds. The van der Waals surface area contributed by atoms with Crippen LogP contribution in [0.25, 0.3) is 0 Å². The second-order valence-electron chi connectivity index (χ2n) is 4.91. The molecule has 0 radical (unpaired) electrons. The Morgan fingerprint density at radius 1 is 1.50 bits per heavy atom. The first-order valence-corrected chi connectivity index (χ1v) is 6.04. The number of aliphatic carboxylic acids is 1. The van der Waals surface area contributed by atoms with Gasteiger partial charge in [-0.25, -0.2) is 0 Å². The van der Waals surface area contributed by atoms with Gasteiger partial charge in [0.2, 0.25) is 0 Å². The molecule has 18 heavy (non-hydrogen) atoms. The summed E-state index contributed by atoms with van der Waals surface area (Å²) < 4.78 is 1.55. The number of nitrogens with zero attached hydrogens (tertiary/aromatic N) is 2. The molecule has 0 unspecified atom stereocenters. The second-order valence-corrected chi connectivity index (χ2v) is 4.91. The van der Waals surface area contributed by atoms with E-state index in [1.807, 2.05) is 0 Å². The maximum atomic E-state index is 12.0. The Hall–Kier alpha value is -1.85. The molecule has 1 aliphatic rings. The van der Waals surface area contributed by atoms with Crippen molar-refractivity contribution in [2.24, 2.45) is 7.05 Å². The van der Waals surface area contributed by atoms with E-state index in [4.69, 9.17) is 5.11 Å². The molecule has 1 saturated carbocycles. The Morgan fingerprint density at radius 3 is 2.67 bits per heavy atom. The molecule has 2 N–H and O–H groups in total. The minimum atomic E-state index is -0.872. The van der Waals surface area contributed by atoms with Crippen LogP contribution in [0.2, 0.25) is 0 Å². The van der Waals surface area contributed by atoms with E-state index < -0.39 is 11.5 Å². The lowest BCUT2D eigenvalue weighted by Crippen LogP contribution is -2.47. The first kappa shape index (κ1) is 12.6. The van der Waals surface area contributed by atoms with Gasteiger partial charge in [-0.1, -0.05) is 12.8 Å². The number of carbonyl (C=O) groups is 2. The fourth-order valence-electron chi connectivity index (χ4n) is 2.54. The lowest BCUT2D eigenvalue weighted by atomic mass is 9.93. The molecule has 6 nitrogen and oxygen atoms in total. The van der Waals surface area contributed by atoms with Crippen molar-refractivity contribution in [3.63, 3.8) is 0 Å². The zero-order valence-corrected chi connectivity index (χ0v) is 10.3. The summed E-state index contributed by atoms with van der Waals surface area (Å²) in [6, 6.07) is 0. The Bertz CT molecular complexity index is 461. The smallest absolute Gasteiger partial charge is 0.305 e. The Labute approximate surface area is 105 Å². The number of carboxylic acids is 1. The monoisotopic (exact) mass is 251 g/mol. The molecule has 0 aliphatic heterocycles. The van der Waals surface area contributed by atoms with Crippen LogP contribution in [0.3, 0.4) is 0 Å². The quantitative estimate of drug-likeness (QED) is 0.834. The number of nitrogens with one attached hydrogen (secondary N) is 1. The molecule has 0 atom stereocenters. The topological polar surface area (TPSA) is 84.2 Å². The molecule has 0 aromatic carbocycles. The first-order valence-electron chi connectivity index (χ1n) is 6.04. The van der Waals surface area contributed by atoms with Crippen molar-refractivity contribution < 1.29 is 14.7 Å². The number of aryl methyl sites for hydroxylation is 1. The van der Waals surface area contributed by atoms with Crippen molar-refractivity contribution in [3.8, 4) is 0 Å². The zero-order valence-electron chi connectivity index (χ0n) is 10.3. The summed E-state index contributed by atoms with van der Waals surface area (Å²) >= 11 is 0. The van der Waals surface area contributed by atoms with E-state index in [0.717, 1.165) is 25.7 Å². The Balaban J connectivity index is 2.09. The van der Waals surface area contributed by atoms with Crippen LogP contribution in [0.15, 0.2) is 12.4 Å². The van der Waals surface area contributed by atoms with Crippen molar-refractivity contribution in [3.05, 3.63) is 18.0 Å². The average molecular weight is 251 g/mol. The third kappa shape index (κ3) is 2.69. The molecule has 1 aromatic rings. The number of hydrogen-bond acceptors (Lipinski definition) is 3. The van der Waals surface area contributed by atoms with Gasteiger partial charge in [0.25, 0.3) is 5.91 Å². The number of hydrogen-bond donors (Lipinski definition) is 2. The van der Waals surface area contributed by atoms with Crippen LogP contribution in [-0.4, -0.2) is 32.3 Å². The van der Waals surface area contributed by atoms with Gasteiger partial charge in [0, 0.05) is 13.2 Å². The lowest BCUT2D eigenvalue weighted by Gasteiger charge is -2.28. The Kier molecular flexibility index (Phi) is 3.36. The molecule has 6 heteroatoms. The van der Waals surface area contributed by atoms with E-state index in [1.54, 1.807) is 17.9 Å². The third-order valence-corrected chi connectivity index (χ3v) is 3.40. The van der Waals surface area contributed by atoms with E-state index in [1.165, 1.54) is 6.20 Å². The van der Waals surface area contributed by atoms with E-state index in [9.17, 15) is 9.59 Å². The minimum Gasteiger partial charge on any atom is -0.481 e. The van der Waals surface area contributed by atoms with Crippen LogP contribution in [-0.2, 0) is 11.8 Å². The van der Waals surface area contributed by atoms with Crippen LogP contribution in [0, 0.1) is 0 Å². The van der Waals surface area contributed by atoms with Crippen molar-refractivity contribution in [2.45, 2.75) is 37.6 Å². The maximum absolute atomic E-state index is 12.0. The molecule has 2 rings (SSSR count). The number of carbonyl (C=O) groups excluding carboxylic acids is 1. The van der Waals surface area contributed by atoms with Crippen molar-refractivity contribution in [1.29, 1.82) is 0 Å². The lowest BCUT2D eigenvalue weighted by molar-refractivity contribution is -0.138. The summed E-state index contributed by atoms with van der Waals surface area (Å²) in [5.74, 6) is -1.12. The Morgan fingerprint density at radius 2 is 2.17 bits per heavy atom. The molecule has 98 valence electrons. The fourth-order valence-corrected chi connectivity index (χ4v) is 2.54. The average Bonchev–Trinajstić information content (AvgIpc) is 2.87. The number of aromatic nitrogens is 2. The SMILES string of the molecule is Cn1cc(C(=O)NC2(CC(=O)O)CCCC2)cn1. The summed E-state index contributed by atoms with van der Waals surface area (Å²) in [6.07, 6.45) is 6.47. The summed E-state index contributed by atoms with van der Waals surface area (Å²) in [5, 5.41) is 15.8. The predicted molar refractivity (Wildman–Crippen MR) is 64.1 cm³/mol. The maximum Gasteiger partial charge on any atom is 0.305 e. The molecule has 0 bridgehead atoms. The highest BCUT2D eigenvalue weighted by molar-refractivity contribution is 5.94. The van der Waals surface area contributed by atoms with E-state index >= 15 is 0 Å². The molecule has 0 saturated heterocycles. The van der Waals surface area contributed by atoms with Gasteiger partial charge in [0.15, 0.2) is 0 Å². The van der Waals surface area contributed by atoms with Gasteiger partial charge in [-0.15, -0.1) is 0 Å². The van der Waals surface area contributed by atoms with Crippen LogP contribution in [0.5, 0.6) is 0 Å². The standard InChI is InChI=1S/C12H17N3O3/c1-15-8-9(7-13-15)11(18)14-12(6-10(16)17)4-2-3-5-12/h7-8H,2-6H2,1H3,(H,14,18)(H,16,17). The molecule has 1 aromatic heterocycles. The molecule has 1 heterocycles. The fraction of sp³-hybridized carbons (Fsp3) is 0.583. The normalized spacial score (nSPS) is 17.6. The molecule has 0 spiro atoms. The van der Waals surface area contributed by atoms with Crippen molar-refractivity contribution >= 4 is 11.9 Å². The van der Waals surface area contributed by atoms with Crippen LogP contribution >= 0.6 is 0 Å². The third-order valence-electron chi connectivity index (χ3n) is 3.40. The number of rotatable bonds is 4. The number of carboxylic acid groups (broad SMARTS) is 1. The van der Waals surface area contributed by atoms with E-state index in [2.05, 4.69) is 10.4 Å². The van der Waals surface area contributed by atoms with Crippen LogP contribution < -0.4 is 5.32 Å². The zero-order chi connectivity index (χ0) is 13.2. The van der Waals surface area contributed by atoms with Gasteiger partial charge in [0.05, 0.1) is 23.7 Å². The minimum absolute atomic E-state index is 0.0149. The predicted octanol–water partition coefficient (Wildman–Crippen LogP) is 0.937. The highest BCUT2D eigenvalue weighted by Gasteiger charge is 2.37. The van der Waals surface area contributed by atoms with E-state index in [0.29, 0.717) is 5.56 Å². The van der Waals surface area contributed by atoms with Crippen molar-refractivity contribution in [1.82, 2.24) is 15.1 Å². The summed E-state index contributed by atoms with van der Waals surface area (Å²) in [5.41, 5.74) is -0.118. The van der Waals surface area contributed by atoms with Gasteiger partial charge >= 0.3 is 5.97 Å². The first-order chi connectivity index (χ1) is 8.51. The molecule has 1 aliphatic carbocycles. The van der Waals surface area contributed by atoms with Crippen LogP contribution in [0.4, 0.5) is 0 Å². The molecule has 1 fully saturated rings. The van der Waals surface area contributed by atoms with E-state index in [-0.39, 0.29) is 12.3 Å².